The Bertz CT molecular complexity index is 3040. The number of benzene rings is 7. The summed E-state index contributed by atoms with van der Waals surface area (Å²) in [7, 11) is 0. The van der Waals surface area contributed by atoms with Crippen LogP contribution in [0.5, 0.6) is 0 Å². The topological polar surface area (TPSA) is 53.2 Å². The van der Waals surface area contributed by atoms with E-state index in [1.165, 1.54) is 49.3 Å². The molecule has 10 rings (SSSR count). The molecular weight excluding hydrogens is 647 g/mol. The first kappa shape index (κ1) is 30.7. The van der Waals surface area contributed by atoms with E-state index in [0.29, 0.717) is 6.67 Å². The van der Waals surface area contributed by atoms with E-state index < -0.39 is 0 Å². The lowest BCUT2D eigenvalue weighted by Gasteiger charge is -2.10. The normalized spacial score (nSPS) is 12.0. The van der Waals surface area contributed by atoms with Crippen molar-refractivity contribution in [3.8, 4) is 39.1 Å². The van der Waals surface area contributed by atoms with E-state index in [0.717, 1.165) is 38.9 Å². The molecule has 0 saturated carbocycles. The van der Waals surface area contributed by atoms with Crippen molar-refractivity contribution < 1.29 is 0 Å². The molecule has 0 atom stereocenters. The van der Waals surface area contributed by atoms with Gasteiger partial charge in [0.2, 0.25) is 0 Å². The summed E-state index contributed by atoms with van der Waals surface area (Å²) in [6.45, 7) is 0.418. The predicted octanol–water partition coefficient (Wildman–Crippen LogP) is 11.0. The van der Waals surface area contributed by atoms with Crippen molar-refractivity contribution in [2.45, 2.75) is 6.67 Å². The third kappa shape index (κ3) is 5.21. The van der Waals surface area contributed by atoms with Crippen LogP contribution >= 0.6 is 0 Å². The number of nitrogen functional groups attached to an aromatic ring is 1. The summed E-state index contributed by atoms with van der Waals surface area (Å²) in [4.78, 5) is 5.20. The Morgan fingerprint density at radius 2 is 0.962 bits per heavy atom. The van der Waals surface area contributed by atoms with E-state index in [-0.39, 0.29) is 0 Å². The van der Waals surface area contributed by atoms with Gasteiger partial charge >= 0.3 is 0 Å². The standard InChI is InChI=1S/C48H35N5/c49-52-28-12-21-39(37-16-11-15-34(29-37)33-13-3-1-4-14-33)48(52)50-32-51-44-22-9-7-19-40(44)42-30-35(24-26-45(42)51)36-25-27-47-43(31-36)41-20-8-10-23-46(41)53(47)38-17-5-2-6-18-38/h1-31H,32,49H2. The smallest absolute Gasteiger partial charge is 0.155 e. The molecule has 0 unspecified atom stereocenters. The van der Waals surface area contributed by atoms with Crippen LogP contribution in [0.1, 0.15) is 0 Å². The molecule has 0 bridgehead atoms. The molecule has 0 spiro atoms. The van der Waals surface area contributed by atoms with Gasteiger partial charge in [-0.15, -0.1) is 0 Å². The lowest BCUT2D eigenvalue weighted by atomic mass is 10.00. The molecule has 53 heavy (non-hydrogen) atoms. The Labute approximate surface area is 306 Å². The molecule has 0 aliphatic heterocycles. The second-order valence-electron chi connectivity index (χ2n) is 13.5. The number of fused-ring (bicyclic) bond motifs is 6. The number of rotatable bonds is 6. The molecule has 5 nitrogen and oxygen atoms in total. The largest absolute Gasteiger partial charge is 0.338 e. The van der Waals surface area contributed by atoms with Crippen molar-refractivity contribution in [2.75, 3.05) is 5.84 Å². The van der Waals surface area contributed by atoms with Gasteiger partial charge in [-0.25, -0.2) is 4.99 Å². The highest BCUT2D eigenvalue weighted by molar-refractivity contribution is 6.12. The Balaban J connectivity index is 1.08. The SMILES string of the molecule is Nn1cccc(-c2cccc(-c3ccccc3)c2)c1=NCn1c2ccccc2c2cc(-c3ccc4c(c3)c3ccccc3n4-c3ccccc3)ccc21. The number of aromatic nitrogens is 3. The number of para-hydroxylation sites is 3. The van der Waals surface area contributed by atoms with Crippen LogP contribution in [0, 0.1) is 0 Å². The molecule has 0 amide bonds. The van der Waals surface area contributed by atoms with Gasteiger partial charge in [0, 0.05) is 39.0 Å². The Morgan fingerprint density at radius 3 is 1.74 bits per heavy atom. The van der Waals surface area contributed by atoms with Gasteiger partial charge in [-0.05, 0) is 94.5 Å². The minimum absolute atomic E-state index is 0.418. The van der Waals surface area contributed by atoms with Crippen LogP contribution in [0.2, 0.25) is 0 Å². The molecule has 7 aromatic carbocycles. The third-order valence-electron chi connectivity index (χ3n) is 10.4. The van der Waals surface area contributed by atoms with Crippen molar-refractivity contribution >= 4 is 43.6 Å². The molecule has 0 radical (unpaired) electrons. The fourth-order valence-corrected chi connectivity index (χ4v) is 7.94. The number of pyridine rings is 1. The van der Waals surface area contributed by atoms with Crippen LogP contribution in [0.4, 0.5) is 0 Å². The number of nitrogens with two attached hydrogens (primary N) is 1. The Hall–Kier alpha value is -7.11. The van der Waals surface area contributed by atoms with Gasteiger partial charge < -0.3 is 15.0 Å². The number of hydrogen-bond acceptors (Lipinski definition) is 2. The maximum atomic E-state index is 6.58. The van der Waals surface area contributed by atoms with Gasteiger partial charge in [0.15, 0.2) is 5.49 Å². The van der Waals surface area contributed by atoms with Crippen LogP contribution in [-0.2, 0) is 6.67 Å². The molecule has 0 aliphatic rings. The Kier molecular flexibility index (Phi) is 7.29. The van der Waals surface area contributed by atoms with Crippen LogP contribution in [-0.4, -0.2) is 13.8 Å². The monoisotopic (exact) mass is 681 g/mol. The fraction of sp³-hybridized carbons (Fsp3) is 0.0208. The molecule has 2 N–H and O–H groups in total. The summed E-state index contributed by atoms with van der Waals surface area (Å²) in [6.07, 6.45) is 1.86. The molecule has 252 valence electrons. The van der Waals surface area contributed by atoms with Crippen molar-refractivity contribution in [3.05, 3.63) is 194 Å². The highest BCUT2D eigenvalue weighted by Gasteiger charge is 2.15. The first-order chi connectivity index (χ1) is 26.2. The molecule has 3 heterocycles. The summed E-state index contributed by atoms with van der Waals surface area (Å²) >= 11 is 0. The summed E-state index contributed by atoms with van der Waals surface area (Å²) in [6, 6.07) is 64.6. The van der Waals surface area contributed by atoms with Gasteiger partial charge in [-0.2, -0.15) is 0 Å². The highest BCUT2D eigenvalue weighted by atomic mass is 15.3. The molecule has 5 heteroatoms. The predicted molar refractivity (Wildman–Crippen MR) is 220 cm³/mol. The molecule has 10 aromatic rings. The average molecular weight is 682 g/mol. The van der Waals surface area contributed by atoms with Gasteiger partial charge in [0.1, 0.15) is 6.67 Å². The van der Waals surface area contributed by atoms with Crippen molar-refractivity contribution in [1.29, 1.82) is 0 Å². The molecule has 3 aromatic heterocycles. The Morgan fingerprint density at radius 1 is 0.415 bits per heavy atom. The fourth-order valence-electron chi connectivity index (χ4n) is 7.94. The minimum atomic E-state index is 0.418. The van der Waals surface area contributed by atoms with Crippen LogP contribution in [0.15, 0.2) is 193 Å². The quantitative estimate of drug-likeness (QED) is 0.175. The second kappa shape index (κ2) is 12.6. The van der Waals surface area contributed by atoms with Crippen LogP contribution < -0.4 is 11.3 Å². The first-order valence-electron chi connectivity index (χ1n) is 17.9. The van der Waals surface area contributed by atoms with E-state index in [1.807, 2.05) is 18.3 Å². The first-order valence-corrected chi connectivity index (χ1v) is 17.9. The van der Waals surface area contributed by atoms with E-state index in [9.17, 15) is 0 Å². The summed E-state index contributed by atoms with van der Waals surface area (Å²) in [5, 5.41) is 4.89. The zero-order valence-corrected chi connectivity index (χ0v) is 29.0. The van der Waals surface area contributed by atoms with Crippen LogP contribution in [0.25, 0.3) is 82.7 Å². The summed E-state index contributed by atoms with van der Waals surface area (Å²) in [5.74, 6) is 6.58. The lowest BCUT2D eigenvalue weighted by Crippen LogP contribution is -2.29. The van der Waals surface area contributed by atoms with Gasteiger partial charge in [-0.1, -0.05) is 115 Å². The third-order valence-corrected chi connectivity index (χ3v) is 10.4. The maximum absolute atomic E-state index is 6.58. The average Bonchev–Trinajstić information content (AvgIpc) is 3.73. The highest BCUT2D eigenvalue weighted by Crippen LogP contribution is 2.37. The zero-order valence-electron chi connectivity index (χ0n) is 29.0. The minimum Gasteiger partial charge on any atom is -0.338 e. The molecule has 0 saturated heterocycles. The van der Waals surface area contributed by atoms with Gasteiger partial charge in [-0.3, -0.25) is 4.68 Å². The van der Waals surface area contributed by atoms with E-state index in [2.05, 4.69) is 179 Å². The molecular formula is C48H35N5. The maximum Gasteiger partial charge on any atom is 0.155 e. The summed E-state index contributed by atoms with van der Waals surface area (Å²) in [5.41, 5.74) is 13.3. The van der Waals surface area contributed by atoms with Gasteiger partial charge in [0.05, 0.1) is 22.1 Å². The van der Waals surface area contributed by atoms with E-state index in [1.54, 1.807) is 4.68 Å². The van der Waals surface area contributed by atoms with E-state index >= 15 is 0 Å². The number of hydrogen-bond donors (Lipinski definition) is 1. The van der Waals surface area contributed by atoms with Crippen molar-refractivity contribution in [2.24, 2.45) is 4.99 Å². The lowest BCUT2D eigenvalue weighted by molar-refractivity contribution is 0.737. The van der Waals surface area contributed by atoms with Gasteiger partial charge in [0.25, 0.3) is 0 Å². The molecule has 0 aliphatic carbocycles. The van der Waals surface area contributed by atoms with Crippen LogP contribution in [0.3, 0.4) is 0 Å². The van der Waals surface area contributed by atoms with E-state index in [4.69, 9.17) is 10.8 Å². The second-order valence-corrected chi connectivity index (χ2v) is 13.5. The van der Waals surface area contributed by atoms with Crippen molar-refractivity contribution in [1.82, 2.24) is 13.8 Å². The van der Waals surface area contributed by atoms with Crippen molar-refractivity contribution in [3.63, 3.8) is 0 Å². The summed E-state index contributed by atoms with van der Waals surface area (Å²) < 4.78 is 6.28. The zero-order chi connectivity index (χ0) is 35.3. The molecule has 0 fully saturated rings. The number of nitrogens with zero attached hydrogens (tertiary/aromatic N) is 4.